The third-order valence-corrected chi connectivity index (χ3v) is 4.36. The van der Waals surface area contributed by atoms with Crippen LogP contribution >= 0.6 is 0 Å². The third-order valence-electron chi connectivity index (χ3n) is 4.36. The molecule has 3 aromatic rings. The number of hydrogen-bond donors (Lipinski definition) is 2. The zero-order chi connectivity index (χ0) is 21.9. The average Bonchev–Trinajstić information content (AvgIpc) is 3.19. The molecule has 2 aromatic carbocycles. The summed E-state index contributed by atoms with van der Waals surface area (Å²) in [6.45, 7) is 2.26. The standard InChI is InChI=1S/C24H26N2O5/c1-18-7-10-22(31-18)15-25-23(27)16-29-17-24(28)26-20-8-11-21(12-9-20)30-14-13-19-5-3-2-4-6-19/h2-12H,13-17H2,1H3,(H,25,27)(H,26,28). The predicted octanol–water partition coefficient (Wildman–Crippen LogP) is 3.48. The van der Waals surface area contributed by atoms with Crippen LogP contribution in [0.1, 0.15) is 17.1 Å². The smallest absolute Gasteiger partial charge is 0.250 e. The highest BCUT2D eigenvalue weighted by Gasteiger charge is 2.07. The van der Waals surface area contributed by atoms with Crippen molar-refractivity contribution in [3.8, 4) is 5.75 Å². The normalized spacial score (nSPS) is 10.5. The van der Waals surface area contributed by atoms with Gasteiger partial charge < -0.3 is 24.5 Å². The van der Waals surface area contributed by atoms with Gasteiger partial charge in [-0.05, 0) is 48.9 Å². The number of carbonyl (C=O) groups excluding carboxylic acids is 2. The van der Waals surface area contributed by atoms with E-state index < -0.39 is 0 Å². The number of anilines is 1. The van der Waals surface area contributed by atoms with Gasteiger partial charge in [0.2, 0.25) is 11.8 Å². The molecule has 162 valence electrons. The van der Waals surface area contributed by atoms with Crippen molar-refractivity contribution in [2.45, 2.75) is 19.9 Å². The summed E-state index contributed by atoms with van der Waals surface area (Å²) in [4.78, 5) is 23.7. The van der Waals surface area contributed by atoms with Crippen molar-refractivity contribution in [3.05, 3.63) is 83.8 Å². The van der Waals surface area contributed by atoms with Gasteiger partial charge in [0.15, 0.2) is 0 Å². The van der Waals surface area contributed by atoms with E-state index in [0.717, 1.165) is 17.9 Å². The van der Waals surface area contributed by atoms with E-state index in [1.54, 1.807) is 30.3 Å². The number of amides is 2. The molecule has 3 rings (SSSR count). The highest BCUT2D eigenvalue weighted by atomic mass is 16.5. The van der Waals surface area contributed by atoms with Crippen LogP contribution in [0, 0.1) is 6.92 Å². The van der Waals surface area contributed by atoms with E-state index >= 15 is 0 Å². The molecule has 0 bridgehead atoms. The Kier molecular flexibility index (Phi) is 8.25. The van der Waals surface area contributed by atoms with Crippen LogP contribution in [-0.4, -0.2) is 31.6 Å². The number of nitrogens with one attached hydrogen (secondary N) is 2. The largest absolute Gasteiger partial charge is 0.493 e. The first-order valence-corrected chi connectivity index (χ1v) is 10.0. The van der Waals surface area contributed by atoms with Gasteiger partial charge >= 0.3 is 0 Å². The van der Waals surface area contributed by atoms with E-state index in [9.17, 15) is 9.59 Å². The molecule has 0 aliphatic carbocycles. The van der Waals surface area contributed by atoms with Gasteiger partial charge in [0.25, 0.3) is 0 Å². The maximum atomic E-state index is 12.0. The molecule has 31 heavy (non-hydrogen) atoms. The molecule has 0 saturated heterocycles. The minimum absolute atomic E-state index is 0.207. The molecule has 7 heteroatoms. The lowest BCUT2D eigenvalue weighted by Gasteiger charge is -2.09. The molecule has 1 aromatic heterocycles. The van der Waals surface area contributed by atoms with E-state index in [-0.39, 0.29) is 31.6 Å². The number of carbonyl (C=O) groups is 2. The molecule has 0 radical (unpaired) electrons. The van der Waals surface area contributed by atoms with Crippen LogP contribution in [0.2, 0.25) is 0 Å². The van der Waals surface area contributed by atoms with Gasteiger partial charge in [-0.3, -0.25) is 9.59 Å². The van der Waals surface area contributed by atoms with E-state index in [4.69, 9.17) is 13.9 Å². The van der Waals surface area contributed by atoms with E-state index in [0.29, 0.717) is 18.1 Å². The second kappa shape index (κ2) is 11.6. The van der Waals surface area contributed by atoms with Crippen molar-refractivity contribution in [1.82, 2.24) is 5.32 Å². The Morgan fingerprint density at radius 1 is 0.903 bits per heavy atom. The topological polar surface area (TPSA) is 89.8 Å². The number of rotatable bonds is 11. The summed E-state index contributed by atoms with van der Waals surface area (Å²) in [7, 11) is 0. The summed E-state index contributed by atoms with van der Waals surface area (Å²) in [5.41, 5.74) is 1.85. The third kappa shape index (κ3) is 7.98. The molecular weight excluding hydrogens is 396 g/mol. The van der Waals surface area contributed by atoms with Crippen LogP contribution in [0.15, 0.2) is 71.1 Å². The monoisotopic (exact) mass is 422 g/mol. The second-order valence-corrected chi connectivity index (χ2v) is 6.94. The first-order valence-electron chi connectivity index (χ1n) is 10.0. The highest BCUT2D eigenvalue weighted by Crippen LogP contribution is 2.16. The van der Waals surface area contributed by atoms with Crippen LogP contribution in [0.4, 0.5) is 5.69 Å². The number of ether oxygens (including phenoxy) is 2. The number of benzene rings is 2. The zero-order valence-electron chi connectivity index (χ0n) is 17.4. The van der Waals surface area contributed by atoms with Crippen LogP contribution in [-0.2, 0) is 27.3 Å². The van der Waals surface area contributed by atoms with Gasteiger partial charge in [0.1, 0.15) is 30.5 Å². The molecule has 0 atom stereocenters. The number of furan rings is 1. The molecular formula is C24H26N2O5. The molecule has 7 nitrogen and oxygen atoms in total. The van der Waals surface area contributed by atoms with Crippen LogP contribution in [0.3, 0.4) is 0 Å². The Balaban J connectivity index is 1.30. The first-order chi connectivity index (χ1) is 15.1. The summed E-state index contributed by atoms with van der Waals surface area (Å²) >= 11 is 0. The summed E-state index contributed by atoms with van der Waals surface area (Å²) < 4.78 is 16.3. The Morgan fingerprint density at radius 2 is 1.65 bits per heavy atom. The zero-order valence-corrected chi connectivity index (χ0v) is 17.4. The molecule has 0 spiro atoms. The average molecular weight is 422 g/mol. The molecule has 2 amide bonds. The summed E-state index contributed by atoms with van der Waals surface area (Å²) in [6, 6.07) is 20.9. The molecule has 0 unspecified atom stereocenters. The van der Waals surface area contributed by atoms with Crippen molar-refractivity contribution in [3.63, 3.8) is 0 Å². The highest BCUT2D eigenvalue weighted by molar-refractivity contribution is 5.91. The number of hydrogen-bond acceptors (Lipinski definition) is 5. The molecule has 2 N–H and O–H groups in total. The fraction of sp³-hybridized carbons (Fsp3) is 0.250. The molecule has 0 fully saturated rings. The lowest BCUT2D eigenvalue weighted by atomic mass is 10.2. The van der Waals surface area contributed by atoms with Crippen molar-refractivity contribution < 1.29 is 23.5 Å². The van der Waals surface area contributed by atoms with Gasteiger partial charge in [-0.15, -0.1) is 0 Å². The Bertz CT molecular complexity index is 967. The van der Waals surface area contributed by atoms with Crippen molar-refractivity contribution in [1.29, 1.82) is 0 Å². The maximum absolute atomic E-state index is 12.0. The SMILES string of the molecule is Cc1ccc(CNC(=O)COCC(=O)Nc2ccc(OCCc3ccccc3)cc2)o1. The maximum Gasteiger partial charge on any atom is 0.250 e. The molecule has 0 saturated carbocycles. The minimum atomic E-state index is -0.341. The fourth-order valence-corrected chi connectivity index (χ4v) is 2.82. The van der Waals surface area contributed by atoms with Crippen LogP contribution in [0.5, 0.6) is 5.75 Å². The van der Waals surface area contributed by atoms with Gasteiger partial charge in [-0.25, -0.2) is 0 Å². The van der Waals surface area contributed by atoms with Gasteiger partial charge in [-0.2, -0.15) is 0 Å². The summed E-state index contributed by atoms with van der Waals surface area (Å²) in [5, 5.41) is 5.38. The molecule has 0 aliphatic rings. The Labute approximate surface area is 181 Å². The van der Waals surface area contributed by atoms with Crippen LogP contribution in [0.25, 0.3) is 0 Å². The van der Waals surface area contributed by atoms with E-state index in [2.05, 4.69) is 22.8 Å². The number of aryl methyl sites for hydroxylation is 1. The predicted molar refractivity (Wildman–Crippen MR) is 117 cm³/mol. The fourth-order valence-electron chi connectivity index (χ4n) is 2.82. The lowest BCUT2D eigenvalue weighted by Crippen LogP contribution is -2.29. The van der Waals surface area contributed by atoms with Gasteiger partial charge in [0, 0.05) is 12.1 Å². The molecule has 0 aliphatic heterocycles. The van der Waals surface area contributed by atoms with Crippen molar-refractivity contribution in [2.75, 3.05) is 25.1 Å². The molecule has 1 heterocycles. The second-order valence-electron chi connectivity index (χ2n) is 6.94. The van der Waals surface area contributed by atoms with E-state index in [1.807, 2.05) is 31.2 Å². The quantitative estimate of drug-likeness (QED) is 0.494. The van der Waals surface area contributed by atoms with E-state index in [1.165, 1.54) is 5.56 Å². The minimum Gasteiger partial charge on any atom is -0.493 e. The summed E-state index contributed by atoms with van der Waals surface area (Å²) in [6.07, 6.45) is 0.825. The van der Waals surface area contributed by atoms with Crippen LogP contribution < -0.4 is 15.4 Å². The Morgan fingerprint density at radius 3 is 2.35 bits per heavy atom. The van der Waals surface area contributed by atoms with Gasteiger partial charge in [0.05, 0.1) is 13.2 Å². The Hall–Kier alpha value is -3.58. The lowest BCUT2D eigenvalue weighted by molar-refractivity contribution is -0.128. The first kappa shape index (κ1) is 22.1. The van der Waals surface area contributed by atoms with Gasteiger partial charge in [-0.1, -0.05) is 30.3 Å². The van der Waals surface area contributed by atoms with Crippen molar-refractivity contribution >= 4 is 17.5 Å². The van der Waals surface area contributed by atoms with Crippen molar-refractivity contribution in [2.24, 2.45) is 0 Å². The summed E-state index contributed by atoms with van der Waals surface area (Å²) in [5.74, 6) is 1.51.